The van der Waals surface area contributed by atoms with Crippen LogP contribution in [0.5, 0.6) is 0 Å². The van der Waals surface area contributed by atoms with Gasteiger partial charge in [-0.1, -0.05) is 26.0 Å². The van der Waals surface area contributed by atoms with E-state index in [-0.39, 0.29) is 5.54 Å². The third-order valence-electron chi connectivity index (χ3n) is 2.89. The van der Waals surface area contributed by atoms with Crippen molar-refractivity contribution in [3.8, 4) is 0 Å². The van der Waals surface area contributed by atoms with E-state index in [1.165, 1.54) is 11.4 Å². The van der Waals surface area contributed by atoms with Gasteiger partial charge in [-0.2, -0.15) is 0 Å². The van der Waals surface area contributed by atoms with Crippen LogP contribution in [-0.2, 0) is 0 Å². The van der Waals surface area contributed by atoms with Crippen molar-refractivity contribution in [2.24, 2.45) is 5.92 Å². The third kappa shape index (κ3) is 2.31. The third-order valence-corrected chi connectivity index (χ3v) is 2.89. The van der Waals surface area contributed by atoms with Gasteiger partial charge in [-0.3, -0.25) is 0 Å². The predicted octanol–water partition coefficient (Wildman–Crippen LogP) is 3.35. The highest BCUT2D eigenvalue weighted by atomic mass is 15.2. The molecule has 0 unspecified atom stereocenters. The summed E-state index contributed by atoms with van der Waals surface area (Å²) in [6.07, 6.45) is 0. The summed E-state index contributed by atoms with van der Waals surface area (Å²) in [5.41, 5.74) is 2.76. The van der Waals surface area contributed by atoms with Gasteiger partial charge in [0.2, 0.25) is 0 Å². The van der Waals surface area contributed by atoms with Gasteiger partial charge in [0.15, 0.2) is 0 Å². The zero-order valence-electron chi connectivity index (χ0n) is 10.7. The predicted molar refractivity (Wildman–Crippen MR) is 71.2 cm³/mol. The van der Waals surface area contributed by atoms with Gasteiger partial charge in [0.25, 0.3) is 0 Å². The lowest BCUT2D eigenvalue weighted by Crippen LogP contribution is -2.49. The normalized spacial score (nSPS) is 18.2. The molecule has 0 fully saturated rings. The Kier molecular flexibility index (Phi) is 2.83. The molecule has 1 aromatic rings. The molecule has 1 N–H and O–H groups in total. The van der Waals surface area contributed by atoms with Crippen molar-refractivity contribution in [3.63, 3.8) is 0 Å². The molecule has 0 aromatic heterocycles. The molecule has 0 saturated carbocycles. The van der Waals surface area contributed by atoms with Crippen molar-refractivity contribution in [1.29, 1.82) is 0 Å². The Balaban J connectivity index is 2.32. The summed E-state index contributed by atoms with van der Waals surface area (Å²) >= 11 is 0. The van der Waals surface area contributed by atoms with Crippen LogP contribution >= 0.6 is 0 Å². The fourth-order valence-corrected chi connectivity index (χ4v) is 2.43. The number of hydrogen-bond donors (Lipinski definition) is 1. The lowest BCUT2D eigenvalue weighted by Gasteiger charge is -2.42. The zero-order chi connectivity index (χ0) is 11.8. The summed E-state index contributed by atoms with van der Waals surface area (Å²) < 4.78 is 0. The van der Waals surface area contributed by atoms with Gasteiger partial charge < -0.3 is 10.2 Å². The topological polar surface area (TPSA) is 15.3 Å². The molecule has 1 aliphatic rings. The minimum absolute atomic E-state index is 0.156. The first-order valence-electron chi connectivity index (χ1n) is 6.10. The van der Waals surface area contributed by atoms with Crippen LogP contribution in [0.15, 0.2) is 24.3 Å². The molecule has 0 atom stereocenters. The van der Waals surface area contributed by atoms with Gasteiger partial charge in [-0.25, -0.2) is 0 Å². The Labute approximate surface area is 98.7 Å². The first-order chi connectivity index (χ1) is 7.48. The maximum absolute atomic E-state index is 3.60. The van der Waals surface area contributed by atoms with Crippen LogP contribution in [0.3, 0.4) is 0 Å². The Hall–Kier alpha value is -1.18. The van der Waals surface area contributed by atoms with E-state index in [2.05, 4.69) is 62.2 Å². The van der Waals surface area contributed by atoms with E-state index in [9.17, 15) is 0 Å². The second-order valence-electron chi connectivity index (χ2n) is 5.80. The zero-order valence-corrected chi connectivity index (χ0v) is 10.7. The van der Waals surface area contributed by atoms with Crippen molar-refractivity contribution >= 4 is 11.4 Å². The van der Waals surface area contributed by atoms with Crippen LogP contribution in [0, 0.1) is 5.92 Å². The van der Waals surface area contributed by atoms with Crippen molar-refractivity contribution in [3.05, 3.63) is 24.3 Å². The second kappa shape index (κ2) is 4.00. The van der Waals surface area contributed by atoms with Gasteiger partial charge in [-0.15, -0.1) is 0 Å². The molecule has 0 amide bonds. The maximum atomic E-state index is 3.60. The molecule has 1 aromatic carbocycles. The van der Waals surface area contributed by atoms with Gasteiger partial charge in [0.1, 0.15) is 0 Å². The van der Waals surface area contributed by atoms with Crippen LogP contribution in [0.1, 0.15) is 27.7 Å². The number of fused-ring (bicyclic) bond motifs is 1. The van der Waals surface area contributed by atoms with Crippen molar-refractivity contribution in [2.75, 3.05) is 23.3 Å². The molecule has 0 spiro atoms. The molecule has 2 heteroatoms. The Morgan fingerprint density at radius 2 is 2.00 bits per heavy atom. The van der Waals surface area contributed by atoms with Crippen LogP contribution in [-0.4, -0.2) is 18.6 Å². The number of para-hydroxylation sites is 2. The van der Waals surface area contributed by atoms with Crippen LogP contribution in [0.25, 0.3) is 0 Å². The van der Waals surface area contributed by atoms with E-state index in [0.29, 0.717) is 5.92 Å². The van der Waals surface area contributed by atoms with Crippen molar-refractivity contribution in [1.82, 2.24) is 0 Å². The highest BCUT2D eigenvalue weighted by Gasteiger charge is 2.29. The fraction of sp³-hybridized carbons (Fsp3) is 0.571. The average molecular weight is 218 g/mol. The first kappa shape index (κ1) is 11.3. The lowest BCUT2D eigenvalue weighted by atomic mass is 9.98. The van der Waals surface area contributed by atoms with E-state index in [1.807, 2.05) is 0 Å². The van der Waals surface area contributed by atoms with E-state index in [0.717, 1.165) is 13.1 Å². The van der Waals surface area contributed by atoms with E-state index < -0.39 is 0 Å². The first-order valence-corrected chi connectivity index (χ1v) is 6.10. The van der Waals surface area contributed by atoms with E-state index in [4.69, 9.17) is 0 Å². The number of benzene rings is 1. The van der Waals surface area contributed by atoms with Gasteiger partial charge in [0.05, 0.1) is 11.4 Å². The van der Waals surface area contributed by atoms with Crippen LogP contribution in [0.2, 0.25) is 0 Å². The Morgan fingerprint density at radius 1 is 1.31 bits per heavy atom. The molecule has 2 rings (SSSR count). The smallest absolute Gasteiger partial charge is 0.0603 e. The number of rotatable bonds is 2. The summed E-state index contributed by atoms with van der Waals surface area (Å²) in [4.78, 5) is 2.50. The highest BCUT2D eigenvalue weighted by molar-refractivity contribution is 5.73. The molecule has 0 saturated heterocycles. The molecular formula is C14H22N2. The van der Waals surface area contributed by atoms with Crippen LogP contribution < -0.4 is 10.2 Å². The number of hydrogen-bond acceptors (Lipinski definition) is 2. The molecule has 2 nitrogen and oxygen atoms in total. The molecule has 0 radical (unpaired) electrons. The largest absolute Gasteiger partial charge is 0.377 e. The molecule has 0 aliphatic carbocycles. The monoisotopic (exact) mass is 218 g/mol. The van der Waals surface area contributed by atoms with Gasteiger partial charge in [-0.05, 0) is 31.9 Å². The summed E-state index contributed by atoms with van der Waals surface area (Å²) in [6.45, 7) is 11.3. The Bertz CT molecular complexity index is 369. The molecule has 1 aliphatic heterocycles. The summed E-state index contributed by atoms with van der Waals surface area (Å²) in [7, 11) is 0. The number of nitrogens with one attached hydrogen (secondary N) is 1. The standard InChI is InChI=1S/C14H22N2/c1-11(2)9-16-10-14(3,4)15-12-7-5-6-8-13(12)16/h5-8,11,15H,9-10H2,1-4H3. The highest BCUT2D eigenvalue weighted by Crippen LogP contribution is 2.34. The second-order valence-corrected chi connectivity index (χ2v) is 5.80. The molecular weight excluding hydrogens is 196 g/mol. The summed E-state index contributed by atoms with van der Waals surface area (Å²) in [6, 6.07) is 8.59. The van der Waals surface area contributed by atoms with E-state index in [1.54, 1.807) is 0 Å². The lowest BCUT2D eigenvalue weighted by molar-refractivity contribution is 0.502. The van der Waals surface area contributed by atoms with Gasteiger partial charge >= 0.3 is 0 Å². The average Bonchev–Trinajstić information content (AvgIpc) is 2.14. The number of nitrogens with zero attached hydrogens (tertiary/aromatic N) is 1. The van der Waals surface area contributed by atoms with Crippen molar-refractivity contribution < 1.29 is 0 Å². The molecule has 88 valence electrons. The SMILES string of the molecule is CC(C)CN1CC(C)(C)Nc2ccccc21. The van der Waals surface area contributed by atoms with Crippen molar-refractivity contribution in [2.45, 2.75) is 33.2 Å². The number of anilines is 2. The molecule has 0 bridgehead atoms. The fourth-order valence-electron chi connectivity index (χ4n) is 2.43. The van der Waals surface area contributed by atoms with E-state index >= 15 is 0 Å². The van der Waals surface area contributed by atoms with Crippen LogP contribution in [0.4, 0.5) is 11.4 Å². The summed E-state index contributed by atoms with van der Waals surface area (Å²) in [5, 5.41) is 3.60. The maximum Gasteiger partial charge on any atom is 0.0603 e. The molecule has 16 heavy (non-hydrogen) atoms. The minimum atomic E-state index is 0.156. The minimum Gasteiger partial charge on any atom is -0.377 e. The Morgan fingerprint density at radius 3 is 2.69 bits per heavy atom. The quantitative estimate of drug-likeness (QED) is 0.819. The summed E-state index contributed by atoms with van der Waals surface area (Å²) in [5.74, 6) is 0.696. The molecule has 1 heterocycles. The van der Waals surface area contributed by atoms with Gasteiger partial charge in [0, 0.05) is 18.6 Å².